The van der Waals surface area contributed by atoms with Gasteiger partial charge in [0.1, 0.15) is 6.17 Å². The Labute approximate surface area is 73.5 Å². The lowest BCUT2D eigenvalue weighted by atomic mass is 10.0. The molecule has 12 heavy (non-hydrogen) atoms. The number of hydrogen-bond donors (Lipinski definition) is 1. The molecular weight excluding hydrogens is 157 g/mol. The fourth-order valence-corrected chi connectivity index (χ4v) is 1.58. The summed E-state index contributed by atoms with van der Waals surface area (Å²) in [6, 6.07) is 0. The van der Waals surface area contributed by atoms with Crippen LogP contribution in [0.25, 0.3) is 0 Å². The van der Waals surface area contributed by atoms with Gasteiger partial charge in [-0.05, 0) is 26.3 Å². The molecule has 2 nitrogen and oxygen atoms in total. The maximum Gasteiger partial charge on any atom is 0.115 e. The molecule has 2 atom stereocenters. The molecule has 1 heterocycles. The van der Waals surface area contributed by atoms with Crippen molar-refractivity contribution in [3.63, 3.8) is 0 Å². The van der Waals surface area contributed by atoms with Crippen molar-refractivity contribution in [3.8, 4) is 0 Å². The van der Waals surface area contributed by atoms with Crippen molar-refractivity contribution in [1.82, 2.24) is 5.32 Å². The Morgan fingerprint density at radius 3 is 3.00 bits per heavy atom. The summed E-state index contributed by atoms with van der Waals surface area (Å²) in [5.41, 5.74) is 0. The second kappa shape index (κ2) is 5.49. The van der Waals surface area contributed by atoms with Crippen LogP contribution in [0.2, 0.25) is 0 Å². The van der Waals surface area contributed by atoms with E-state index in [1.54, 1.807) is 7.05 Å². The second-order valence-electron chi connectivity index (χ2n) is 3.38. The van der Waals surface area contributed by atoms with Crippen LogP contribution in [-0.2, 0) is 4.74 Å². The monoisotopic (exact) mass is 175 g/mol. The molecule has 0 aliphatic carbocycles. The summed E-state index contributed by atoms with van der Waals surface area (Å²) in [5.74, 6) is 0. The molecule has 72 valence electrons. The van der Waals surface area contributed by atoms with Crippen LogP contribution in [0, 0.1) is 0 Å². The van der Waals surface area contributed by atoms with Gasteiger partial charge in [-0.2, -0.15) is 0 Å². The van der Waals surface area contributed by atoms with Crippen molar-refractivity contribution in [2.75, 3.05) is 20.2 Å². The van der Waals surface area contributed by atoms with Crippen LogP contribution in [-0.4, -0.2) is 32.5 Å². The summed E-state index contributed by atoms with van der Waals surface area (Å²) in [5, 5.41) is 2.83. The average molecular weight is 175 g/mol. The number of rotatable bonds is 4. The number of nitrogens with one attached hydrogen (secondary N) is 1. The van der Waals surface area contributed by atoms with Gasteiger partial charge in [-0.25, -0.2) is 4.39 Å². The molecule has 0 radical (unpaired) electrons. The number of hydrogen-bond acceptors (Lipinski definition) is 2. The lowest BCUT2D eigenvalue weighted by Crippen LogP contribution is -2.28. The van der Waals surface area contributed by atoms with Crippen LogP contribution in [0.5, 0.6) is 0 Å². The maximum absolute atomic E-state index is 13.0. The number of ether oxygens (including phenoxy) is 1. The van der Waals surface area contributed by atoms with E-state index in [-0.39, 0.29) is 6.10 Å². The Morgan fingerprint density at radius 2 is 2.42 bits per heavy atom. The standard InChI is InChI=1S/C9H18FNO/c1-11-7-8(10)6-9-4-2-3-5-12-9/h8-9,11H,2-7H2,1H3/t8-,9+/m0/s1. The van der Waals surface area contributed by atoms with E-state index in [1.165, 1.54) is 6.42 Å². The minimum Gasteiger partial charge on any atom is -0.378 e. The largest absolute Gasteiger partial charge is 0.378 e. The molecule has 0 saturated carbocycles. The first-order chi connectivity index (χ1) is 5.83. The van der Waals surface area contributed by atoms with Gasteiger partial charge in [0.2, 0.25) is 0 Å². The normalized spacial score (nSPS) is 27.0. The highest BCUT2D eigenvalue weighted by Crippen LogP contribution is 2.17. The smallest absolute Gasteiger partial charge is 0.115 e. The van der Waals surface area contributed by atoms with Gasteiger partial charge in [-0.3, -0.25) is 0 Å². The van der Waals surface area contributed by atoms with E-state index in [1.807, 2.05) is 0 Å². The summed E-state index contributed by atoms with van der Waals surface area (Å²) in [6.07, 6.45) is 3.33. The van der Waals surface area contributed by atoms with Crippen LogP contribution in [0.4, 0.5) is 4.39 Å². The Morgan fingerprint density at radius 1 is 1.58 bits per heavy atom. The summed E-state index contributed by atoms with van der Waals surface area (Å²) < 4.78 is 18.5. The first-order valence-electron chi connectivity index (χ1n) is 4.73. The molecule has 1 aliphatic heterocycles. The zero-order valence-electron chi connectivity index (χ0n) is 7.68. The predicted molar refractivity (Wildman–Crippen MR) is 47.0 cm³/mol. The van der Waals surface area contributed by atoms with Crippen LogP contribution in [0.1, 0.15) is 25.7 Å². The quantitative estimate of drug-likeness (QED) is 0.699. The van der Waals surface area contributed by atoms with E-state index in [0.29, 0.717) is 13.0 Å². The van der Waals surface area contributed by atoms with Crippen LogP contribution < -0.4 is 5.32 Å². The van der Waals surface area contributed by atoms with Gasteiger partial charge in [-0.1, -0.05) is 0 Å². The fraction of sp³-hybridized carbons (Fsp3) is 1.00. The van der Waals surface area contributed by atoms with Crippen molar-refractivity contribution >= 4 is 0 Å². The van der Waals surface area contributed by atoms with Gasteiger partial charge in [0.25, 0.3) is 0 Å². The molecule has 0 amide bonds. The Kier molecular flexibility index (Phi) is 4.54. The highest BCUT2D eigenvalue weighted by molar-refractivity contribution is 4.69. The van der Waals surface area contributed by atoms with E-state index in [9.17, 15) is 4.39 Å². The van der Waals surface area contributed by atoms with Crippen molar-refractivity contribution in [1.29, 1.82) is 0 Å². The number of halogens is 1. The topological polar surface area (TPSA) is 21.3 Å². The van der Waals surface area contributed by atoms with Gasteiger partial charge in [0.15, 0.2) is 0 Å². The van der Waals surface area contributed by atoms with Gasteiger partial charge >= 0.3 is 0 Å². The summed E-state index contributed by atoms with van der Waals surface area (Å²) >= 11 is 0. The maximum atomic E-state index is 13.0. The summed E-state index contributed by atoms with van der Waals surface area (Å²) in [4.78, 5) is 0. The minimum atomic E-state index is -0.752. The molecule has 1 rings (SSSR count). The highest BCUT2D eigenvalue weighted by atomic mass is 19.1. The zero-order chi connectivity index (χ0) is 8.81. The van der Waals surface area contributed by atoms with Gasteiger partial charge < -0.3 is 10.1 Å². The van der Waals surface area contributed by atoms with Crippen molar-refractivity contribution in [2.24, 2.45) is 0 Å². The minimum absolute atomic E-state index is 0.169. The molecule has 0 spiro atoms. The SMILES string of the molecule is CNC[C@@H](F)C[C@H]1CCCCO1. The molecule has 3 heteroatoms. The third-order valence-electron chi connectivity index (χ3n) is 2.22. The van der Waals surface area contributed by atoms with E-state index in [2.05, 4.69) is 5.32 Å². The molecule has 1 aliphatic rings. The lowest BCUT2D eigenvalue weighted by molar-refractivity contribution is -0.00206. The molecule has 0 aromatic rings. The van der Waals surface area contributed by atoms with Crippen molar-refractivity contribution in [3.05, 3.63) is 0 Å². The van der Waals surface area contributed by atoms with Gasteiger partial charge in [0, 0.05) is 19.6 Å². The van der Waals surface area contributed by atoms with E-state index >= 15 is 0 Å². The van der Waals surface area contributed by atoms with Crippen molar-refractivity contribution in [2.45, 2.75) is 38.0 Å². The van der Waals surface area contributed by atoms with E-state index < -0.39 is 6.17 Å². The molecule has 1 N–H and O–H groups in total. The molecule has 0 unspecified atom stereocenters. The third-order valence-corrected chi connectivity index (χ3v) is 2.22. The van der Waals surface area contributed by atoms with Crippen LogP contribution >= 0.6 is 0 Å². The summed E-state index contributed by atoms with van der Waals surface area (Å²) in [6.45, 7) is 1.26. The fourth-order valence-electron chi connectivity index (χ4n) is 1.58. The third kappa shape index (κ3) is 3.50. The first kappa shape index (κ1) is 9.93. The molecule has 1 fully saturated rings. The molecule has 1 saturated heterocycles. The molecule has 0 bridgehead atoms. The second-order valence-corrected chi connectivity index (χ2v) is 3.38. The van der Waals surface area contributed by atoms with E-state index in [0.717, 1.165) is 19.4 Å². The Bertz CT molecular complexity index is 115. The molecule has 0 aromatic heterocycles. The van der Waals surface area contributed by atoms with E-state index in [4.69, 9.17) is 4.74 Å². The molecule has 0 aromatic carbocycles. The van der Waals surface area contributed by atoms with Gasteiger partial charge in [0.05, 0.1) is 6.10 Å². The first-order valence-corrected chi connectivity index (χ1v) is 4.73. The average Bonchev–Trinajstić information content (AvgIpc) is 2.06. The van der Waals surface area contributed by atoms with Crippen molar-refractivity contribution < 1.29 is 9.13 Å². The number of alkyl halides is 1. The Hall–Kier alpha value is -0.150. The van der Waals surface area contributed by atoms with Gasteiger partial charge in [-0.15, -0.1) is 0 Å². The zero-order valence-corrected chi connectivity index (χ0v) is 7.68. The van der Waals surface area contributed by atoms with Crippen LogP contribution in [0.15, 0.2) is 0 Å². The molecular formula is C9H18FNO. The lowest BCUT2D eigenvalue weighted by Gasteiger charge is -2.23. The highest BCUT2D eigenvalue weighted by Gasteiger charge is 2.18. The Balaban J connectivity index is 2.11. The van der Waals surface area contributed by atoms with Crippen LogP contribution in [0.3, 0.4) is 0 Å². The predicted octanol–water partition coefficient (Wildman–Crippen LogP) is 1.50. The summed E-state index contributed by atoms with van der Waals surface area (Å²) in [7, 11) is 1.77.